The van der Waals surface area contributed by atoms with Crippen LogP contribution < -0.4 is 5.32 Å². The van der Waals surface area contributed by atoms with Crippen molar-refractivity contribution in [3.05, 3.63) is 65.2 Å². The van der Waals surface area contributed by atoms with Gasteiger partial charge in [0.15, 0.2) is 0 Å². The Kier molecular flexibility index (Phi) is 5.05. The fraction of sp³-hybridized carbons (Fsp3) is 0.455. The number of nitrogens with one attached hydrogen (secondary N) is 1. The van der Waals surface area contributed by atoms with Crippen LogP contribution in [-0.2, 0) is 0 Å². The van der Waals surface area contributed by atoms with Crippen molar-refractivity contribution in [2.24, 2.45) is 0 Å². The van der Waals surface area contributed by atoms with Gasteiger partial charge in [-0.15, -0.1) is 0 Å². The van der Waals surface area contributed by atoms with E-state index in [1.165, 1.54) is 48.1 Å². The van der Waals surface area contributed by atoms with E-state index in [2.05, 4.69) is 67.7 Å². The van der Waals surface area contributed by atoms with Crippen LogP contribution in [0.1, 0.15) is 74.0 Å². The van der Waals surface area contributed by atoms with E-state index in [0.29, 0.717) is 17.8 Å². The number of hydrogen-bond donors (Lipinski definition) is 1. The van der Waals surface area contributed by atoms with Crippen molar-refractivity contribution in [1.82, 2.24) is 0 Å². The summed E-state index contributed by atoms with van der Waals surface area (Å²) < 4.78 is 0. The summed E-state index contributed by atoms with van der Waals surface area (Å²) in [6.45, 7) is 4.57. The Hall–Kier alpha value is -1.76. The molecule has 1 aliphatic rings. The van der Waals surface area contributed by atoms with E-state index in [1.807, 2.05) is 7.05 Å². The van der Waals surface area contributed by atoms with E-state index in [1.54, 1.807) is 0 Å². The lowest BCUT2D eigenvalue weighted by Crippen LogP contribution is -2.16. The minimum absolute atomic E-state index is 0.601. The van der Waals surface area contributed by atoms with Gasteiger partial charge in [-0.2, -0.15) is 0 Å². The molecular weight excluding hydrogens is 278 g/mol. The Labute approximate surface area is 141 Å². The minimum atomic E-state index is 0.601. The van der Waals surface area contributed by atoms with Crippen LogP contribution in [0.15, 0.2) is 48.5 Å². The monoisotopic (exact) mass is 307 g/mol. The summed E-state index contributed by atoms with van der Waals surface area (Å²) in [5.41, 5.74) is 5.73. The van der Waals surface area contributed by atoms with E-state index >= 15 is 0 Å². The molecule has 122 valence electrons. The van der Waals surface area contributed by atoms with Crippen LogP contribution in [-0.4, -0.2) is 7.05 Å². The molecule has 0 aliphatic heterocycles. The molecule has 2 unspecified atom stereocenters. The first-order valence-electron chi connectivity index (χ1n) is 9.06. The summed E-state index contributed by atoms with van der Waals surface area (Å²) in [4.78, 5) is 0. The van der Waals surface area contributed by atoms with E-state index in [0.717, 1.165) is 0 Å². The van der Waals surface area contributed by atoms with Gasteiger partial charge >= 0.3 is 0 Å². The number of benzene rings is 2. The molecule has 2 aromatic carbocycles. The van der Waals surface area contributed by atoms with Crippen LogP contribution in [0.2, 0.25) is 0 Å². The van der Waals surface area contributed by atoms with Crippen LogP contribution in [0.5, 0.6) is 0 Å². The Balaban J connectivity index is 1.93. The van der Waals surface area contributed by atoms with Gasteiger partial charge < -0.3 is 5.32 Å². The summed E-state index contributed by atoms with van der Waals surface area (Å²) in [6.07, 6.45) is 5.34. The second-order valence-electron chi connectivity index (χ2n) is 7.20. The van der Waals surface area contributed by atoms with Crippen LogP contribution >= 0.6 is 0 Å². The number of hydrogen-bond acceptors (Lipinski definition) is 1. The molecule has 0 aromatic heterocycles. The predicted octanol–water partition coefficient (Wildman–Crippen LogP) is 6.29. The molecule has 1 saturated carbocycles. The lowest BCUT2D eigenvalue weighted by atomic mass is 9.72. The highest BCUT2D eigenvalue weighted by Crippen LogP contribution is 2.44. The molecular formula is C22H29N. The molecule has 0 heterocycles. The molecule has 0 amide bonds. The molecule has 1 aliphatic carbocycles. The second-order valence-corrected chi connectivity index (χ2v) is 7.20. The van der Waals surface area contributed by atoms with Crippen LogP contribution in [0.4, 0.5) is 5.69 Å². The van der Waals surface area contributed by atoms with Gasteiger partial charge in [-0.25, -0.2) is 0 Å². The molecule has 3 rings (SSSR count). The molecule has 2 atom stereocenters. The van der Waals surface area contributed by atoms with Crippen molar-refractivity contribution in [3.63, 3.8) is 0 Å². The zero-order valence-electron chi connectivity index (χ0n) is 14.7. The zero-order chi connectivity index (χ0) is 16.2. The van der Waals surface area contributed by atoms with Gasteiger partial charge in [-0.1, -0.05) is 63.1 Å². The van der Waals surface area contributed by atoms with Gasteiger partial charge in [0.2, 0.25) is 0 Å². The molecule has 1 heteroatoms. The molecule has 1 fully saturated rings. The van der Waals surface area contributed by atoms with E-state index in [4.69, 9.17) is 0 Å². The Morgan fingerprint density at radius 1 is 0.870 bits per heavy atom. The van der Waals surface area contributed by atoms with Gasteiger partial charge in [0.05, 0.1) is 0 Å². The van der Waals surface area contributed by atoms with Crippen molar-refractivity contribution < 1.29 is 0 Å². The largest absolute Gasteiger partial charge is 0.388 e. The third-order valence-electron chi connectivity index (χ3n) is 5.37. The molecule has 0 radical (unpaired) electrons. The molecule has 0 bridgehead atoms. The topological polar surface area (TPSA) is 12.0 Å². The summed E-state index contributed by atoms with van der Waals surface area (Å²) in [6, 6.07) is 18.3. The summed E-state index contributed by atoms with van der Waals surface area (Å²) in [5.74, 6) is 1.92. The first-order valence-corrected chi connectivity index (χ1v) is 9.06. The first-order chi connectivity index (χ1) is 11.2. The summed E-state index contributed by atoms with van der Waals surface area (Å²) in [7, 11) is 2.00. The zero-order valence-corrected chi connectivity index (χ0v) is 14.7. The van der Waals surface area contributed by atoms with Gasteiger partial charge in [-0.05, 0) is 59.4 Å². The van der Waals surface area contributed by atoms with E-state index in [-0.39, 0.29) is 0 Å². The summed E-state index contributed by atoms with van der Waals surface area (Å²) >= 11 is 0. The van der Waals surface area contributed by atoms with Gasteiger partial charge in [0.1, 0.15) is 0 Å². The maximum atomic E-state index is 3.29. The van der Waals surface area contributed by atoms with E-state index in [9.17, 15) is 0 Å². The van der Waals surface area contributed by atoms with Gasteiger partial charge in [0.25, 0.3) is 0 Å². The van der Waals surface area contributed by atoms with Crippen molar-refractivity contribution in [2.75, 3.05) is 12.4 Å². The number of anilines is 1. The van der Waals surface area contributed by atoms with Crippen LogP contribution in [0, 0.1) is 0 Å². The van der Waals surface area contributed by atoms with Crippen molar-refractivity contribution in [2.45, 2.75) is 57.3 Å². The highest BCUT2D eigenvalue weighted by atomic mass is 14.8. The highest BCUT2D eigenvalue weighted by Gasteiger charge is 2.28. The SMILES string of the molecule is CNc1cccc(C2CCCCC2c2cccc(C(C)C)c2)c1. The Bertz CT molecular complexity index is 644. The lowest BCUT2D eigenvalue weighted by molar-refractivity contribution is 0.386. The normalized spacial score (nSPS) is 21.4. The molecule has 0 saturated heterocycles. The highest BCUT2D eigenvalue weighted by molar-refractivity contribution is 5.47. The quantitative estimate of drug-likeness (QED) is 0.699. The summed E-state index contributed by atoms with van der Waals surface area (Å²) in [5, 5.41) is 3.29. The van der Waals surface area contributed by atoms with Crippen LogP contribution in [0.25, 0.3) is 0 Å². The maximum absolute atomic E-state index is 3.29. The third-order valence-corrected chi connectivity index (χ3v) is 5.37. The Morgan fingerprint density at radius 2 is 1.48 bits per heavy atom. The van der Waals surface area contributed by atoms with Crippen molar-refractivity contribution in [1.29, 1.82) is 0 Å². The van der Waals surface area contributed by atoms with E-state index < -0.39 is 0 Å². The average Bonchev–Trinajstić information content (AvgIpc) is 2.62. The Morgan fingerprint density at radius 3 is 2.09 bits per heavy atom. The fourth-order valence-corrected chi connectivity index (χ4v) is 4.00. The standard InChI is InChI=1S/C22H29N/c1-16(2)17-8-6-9-18(14-17)21-12-4-5-13-22(21)19-10-7-11-20(15-19)23-3/h6-11,14-16,21-23H,4-5,12-13H2,1-3H3. The first kappa shape index (κ1) is 16.1. The van der Waals surface area contributed by atoms with Crippen molar-refractivity contribution in [3.8, 4) is 0 Å². The predicted molar refractivity (Wildman–Crippen MR) is 100 cm³/mol. The molecule has 23 heavy (non-hydrogen) atoms. The van der Waals surface area contributed by atoms with Gasteiger partial charge in [-0.3, -0.25) is 0 Å². The van der Waals surface area contributed by atoms with Gasteiger partial charge in [0, 0.05) is 12.7 Å². The van der Waals surface area contributed by atoms with Crippen LogP contribution in [0.3, 0.4) is 0 Å². The molecule has 0 spiro atoms. The van der Waals surface area contributed by atoms with Crippen molar-refractivity contribution >= 4 is 5.69 Å². The molecule has 1 N–H and O–H groups in total. The number of rotatable bonds is 4. The smallest absolute Gasteiger partial charge is 0.0340 e. The maximum Gasteiger partial charge on any atom is 0.0340 e. The fourth-order valence-electron chi connectivity index (χ4n) is 4.00. The minimum Gasteiger partial charge on any atom is -0.388 e. The second kappa shape index (κ2) is 7.21. The third kappa shape index (κ3) is 3.60. The average molecular weight is 307 g/mol. The lowest BCUT2D eigenvalue weighted by Gasteiger charge is -2.33. The molecule has 2 aromatic rings. The molecule has 1 nitrogen and oxygen atoms in total.